The molecule has 0 aromatic heterocycles. The number of amides is 3. The molecule has 3 amide bonds. The van der Waals surface area contributed by atoms with E-state index in [1.807, 2.05) is 20.8 Å². The number of nitrogens with one attached hydrogen (secondary N) is 2. The van der Waals surface area contributed by atoms with E-state index >= 15 is 0 Å². The highest BCUT2D eigenvalue weighted by Crippen LogP contribution is 2.17. The van der Waals surface area contributed by atoms with Crippen LogP contribution in [0.15, 0.2) is 12.7 Å². The van der Waals surface area contributed by atoms with Gasteiger partial charge in [0.05, 0.1) is 0 Å². The standard InChI is InChI=1S/C16H27N3O3/c1-5-13(20)19-10-6-12(7-11-19)14(21)17-8-9-18-15(22)16(2,3)4/h5,12H,1,6-11H2,2-4H3,(H,17,21)(H,18,22). The lowest BCUT2D eigenvalue weighted by molar-refractivity contribution is -0.132. The molecular weight excluding hydrogens is 282 g/mol. The van der Waals surface area contributed by atoms with Gasteiger partial charge in [-0.15, -0.1) is 0 Å². The molecule has 0 bridgehead atoms. The van der Waals surface area contributed by atoms with Crippen LogP contribution in [-0.4, -0.2) is 48.8 Å². The number of rotatable bonds is 5. The van der Waals surface area contributed by atoms with Crippen molar-refractivity contribution in [3.8, 4) is 0 Å². The van der Waals surface area contributed by atoms with E-state index in [9.17, 15) is 14.4 Å². The molecule has 1 heterocycles. The highest BCUT2D eigenvalue weighted by Gasteiger charge is 2.26. The fraction of sp³-hybridized carbons (Fsp3) is 0.688. The molecule has 6 nitrogen and oxygen atoms in total. The molecule has 1 fully saturated rings. The number of likely N-dealkylation sites (tertiary alicyclic amines) is 1. The Morgan fingerprint density at radius 1 is 1.14 bits per heavy atom. The van der Waals surface area contributed by atoms with E-state index in [1.54, 1.807) is 4.90 Å². The van der Waals surface area contributed by atoms with E-state index in [-0.39, 0.29) is 23.6 Å². The van der Waals surface area contributed by atoms with E-state index in [2.05, 4.69) is 17.2 Å². The Morgan fingerprint density at radius 2 is 1.68 bits per heavy atom. The molecule has 1 aliphatic rings. The minimum absolute atomic E-state index is 0.00397. The Balaban J connectivity index is 2.23. The number of hydrogen-bond acceptors (Lipinski definition) is 3. The van der Waals surface area contributed by atoms with E-state index in [0.29, 0.717) is 39.0 Å². The third-order valence-corrected chi connectivity index (χ3v) is 3.74. The van der Waals surface area contributed by atoms with Crippen molar-refractivity contribution < 1.29 is 14.4 Å². The molecule has 1 rings (SSSR count). The predicted molar refractivity (Wildman–Crippen MR) is 85.0 cm³/mol. The first-order valence-corrected chi connectivity index (χ1v) is 7.73. The van der Waals surface area contributed by atoms with Gasteiger partial charge in [-0.1, -0.05) is 27.4 Å². The molecular formula is C16H27N3O3. The monoisotopic (exact) mass is 309 g/mol. The maximum Gasteiger partial charge on any atom is 0.245 e. The second-order valence-electron chi connectivity index (χ2n) is 6.60. The Hall–Kier alpha value is -1.85. The van der Waals surface area contributed by atoms with E-state index in [0.717, 1.165) is 0 Å². The molecule has 1 saturated heterocycles. The second-order valence-corrected chi connectivity index (χ2v) is 6.60. The van der Waals surface area contributed by atoms with Gasteiger partial charge in [0, 0.05) is 37.5 Å². The molecule has 0 radical (unpaired) electrons. The van der Waals surface area contributed by atoms with Crippen LogP contribution in [0.25, 0.3) is 0 Å². The summed E-state index contributed by atoms with van der Waals surface area (Å²) in [6.45, 7) is 11.0. The number of carbonyl (C=O) groups excluding carboxylic acids is 3. The van der Waals surface area contributed by atoms with Crippen molar-refractivity contribution in [1.29, 1.82) is 0 Å². The molecule has 124 valence electrons. The third-order valence-electron chi connectivity index (χ3n) is 3.74. The van der Waals surface area contributed by atoms with E-state index in [4.69, 9.17) is 0 Å². The van der Waals surface area contributed by atoms with Crippen LogP contribution in [0, 0.1) is 11.3 Å². The summed E-state index contributed by atoms with van der Waals surface area (Å²) in [4.78, 5) is 36.9. The first-order chi connectivity index (χ1) is 10.3. The Morgan fingerprint density at radius 3 is 2.18 bits per heavy atom. The first kappa shape index (κ1) is 18.2. The van der Waals surface area contributed by atoms with Crippen molar-refractivity contribution in [3.63, 3.8) is 0 Å². The number of piperidine rings is 1. The van der Waals surface area contributed by atoms with Crippen molar-refractivity contribution >= 4 is 17.7 Å². The number of hydrogen-bond donors (Lipinski definition) is 2. The number of carbonyl (C=O) groups is 3. The molecule has 6 heteroatoms. The fourth-order valence-corrected chi connectivity index (χ4v) is 2.26. The summed E-state index contributed by atoms with van der Waals surface area (Å²) < 4.78 is 0. The predicted octanol–water partition coefficient (Wildman–Crippen LogP) is 0.690. The quantitative estimate of drug-likeness (QED) is 0.579. The van der Waals surface area contributed by atoms with E-state index in [1.165, 1.54) is 6.08 Å². The van der Waals surface area contributed by atoms with Gasteiger partial charge in [-0.05, 0) is 18.9 Å². The summed E-state index contributed by atoms with van der Waals surface area (Å²) in [5.74, 6) is -0.176. The molecule has 0 atom stereocenters. The largest absolute Gasteiger partial charge is 0.354 e. The van der Waals surface area contributed by atoms with Gasteiger partial charge in [0.25, 0.3) is 0 Å². The topological polar surface area (TPSA) is 78.5 Å². The van der Waals surface area contributed by atoms with Crippen molar-refractivity contribution in [3.05, 3.63) is 12.7 Å². The van der Waals surface area contributed by atoms with Crippen molar-refractivity contribution in [1.82, 2.24) is 15.5 Å². The third kappa shape index (κ3) is 5.50. The van der Waals surface area contributed by atoms with Gasteiger partial charge in [0.15, 0.2) is 0 Å². The Labute approximate surface area is 132 Å². The van der Waals surface area contributed by atoms with E-state index < -0.39 is 5.41 Å². The zero-order chi connectivity index (χ0) is 16.8. The highest BCUT2D eigenvalue weighted by atomic mass is 16.2. The zero-order valence-electron chi connectivity index (χ0n) is 13.8. The lowest BCUT2D eigenvalue weighted by atomic mass is 9.95. The maximum atomic E-state index is 12.0. The van der Waals surface area contributed by atoms with Gasteiger partial charge in [-0.25, -0.2) is 0 Å². The molecule has 2 N–H and O–H groups in total. The average molecular weight is 309 g/mol. The van der Waals surface area contributed by atoms with Crippen LogP contribution in [0.5, 0.6) is 0 Å². The maximum absolute atomic E-state index is 12.0. The van der Waals surface area contributed by atoms with Crippen molar-refractivity contribution in [2.45, 2.75) is 33.6 Å². The van der Waals surface area contributed by atoms with Gasteiger partial charge < -0.3 is 15.5 Å². The molecule has 0 aliphatic carbocycles. The SMILES string of the molecule is C=CC(=O)N1CCC(C(=O)NCCNC(=O)C(C)(C)C)CC1. The van der Waals surface area contributed by atoms with Gasteiger partial charge in [-0.2, -0.15) is 0 Å². The molecule has 0 aromatic rings. The van der Waals surface area contributed by atoms with Gasteiger partial charge in [-0.3, -0.25) is 14.4 Å². The smallest absolute Gasteiger partial charge is 0.245 e. The van der Waals surface area contributed by atoms with Crippen LogP contribution in [0.2, 0.25) is 0 Å². The average Bonchev–Trinajstić information content (AvgIpc) is 2.49. The minimum atomic E-state index is -0.422. The lowest BCUT2D eigenvalue weighted by Gasteiger charge is -2.30. The molecule has 0 spiro atoms. The highest BCUT2D eigenvalue weighted by molar-refractivity contribution is 5.87. The fourth-order valence-electron chi connectivity index (χ4n) is 2.26. The van der Waals surface area contributed by atoms with Gasteiger partial charge in [0.2, 0.25) is 17.7 Å². The van der Waals surface area contributed by atoms with Gasteiger partial charge in [0.1, 0.15) is 0 Å². The van der Waals surface area contributed by atoms with Crippen LogP contribution in [0.1, 0.15) is 33.6 Å². The van der Waals surface area contributed by atoms with Crippen LogP contribution in [0.3, 0.4) is 0 Å². The van der Waals surface area contributed by atoms with Crippen LogP contribution >= 0.6 is 0 Å². The molecule has 1 aliphatic heterocycles. The minimum Gasteiger partial charge on any atom is -0.354 e. The normalized spacial score (nSPS) is 16.0. The molecule has 22 heavy (non-hydrogen) atoms. The van der Waals surface area contributed by atoms with Gasteiger partial charge >= 0.3 is 0 Å². The Kier molecular flexibility index (Phi) is 6.59. The summed E-state index contributed by atoms with van der Waals surface area (Å²) in [5.41, 5.74) is -0.422. The number of nitrogens with zero attached hydrogens (tertiary/aromatic N) is 1. The van der Waals surface area contributed by atoms with Crippen LogP contribution in [0.4, 0.5) is 0 Å². The zero-order valence-corrected chi connectivity index (χ0v) is 13.8. The lowest BCUT2D eigenvalue weighted by Crippen LogP contribution is -2.44. The Bertz CT molecular complexity index is 432. The second kappa shape index (κ2) is 7.96. The van der Waals surface area contributed by atoms with Crippen LogP contribution in [-0.2, 0) is 14.4 Å². The molecule has 0 saturated carbocycles. The first-order valence-electron chi connectivity index (χ1n) is 7.73. The van der Waals surface area contributed by atoms with Crippen LogP contribution < -0.4 is 10.6 Å². The summed E-state index contributed by atoms with van der Waals surface area (Å²) in [6, 6.07) is 0. The summed E-state index contributed by atoms with van der Waals surface area (Å²) in [7, 11) is 0. The summed E-state index contributed by atoms with van der Waals surface area (Å²) in [6.07, 6.45) is 2.64. The van der Waals surface area contributed by atoms with Crippen molar-refractivity contribution in [2.75, 3.05) is 26.2 Å². The summed E-state index contributed by atoms with van der Waals surface area (Å²) in [5, 5.41) is 5.63. The molecule has 0 unspecified atom stereocenters. The molecule has 0 aromatic carbocycles. The van der Waals surface area contributed by atoms with Crippen molar-refractivity contribution in [2.24, 2.45) is 11.3 Å². The summed E-state index contributed by atoms with van der Waals surface area (Å²) >= 11 is 0.